The number of nitrogens with zero attached hydrogens (tertiary/aromatic N) is 3. The molecule has 0 fully saturated rings. The molecule has 0 atom stereocenters. The van der Waals surface area contributed by atoms with Gasteiger partial charge >= 0.3 is 20.7 Å². The van der Waals surface area contributed by atoms with Crippen LogP contribution in [0.3, 0.4) is 0 Å². The second-order valence-corrected chi connectivity index (χ2v) is 6.80. The van der Waals surface area contributed by atoms with Gasteiger partial charge in [0.15, 0.2) is 10.1 Å². The summed E-state index contributed by atoms with van der Waals surface area (Å²) >= 11 is 0. The smallest absolute Gasteiger partial charge is 0.485 e. The van der Waals surface area contributed by atoms with E-state index in [0.29, 0.717) is 0 Å². The van der Waals surface area contributed by atoms with Gasteiger partial charge in [0, 0.05) is 12.4 Å². The highest BCUT2D eigenvalue weighted by Gasteiger charge is 2.36. The molecule has 14 heteroatoms. The fourth-order valence-corrected chi connectivity index (χ4v) is 2.37. The zero-order valence-corrected chi connectivity index (χ0v) is 12.4. The molecule has 0 aliphatic heterocycles. The summed E-state index contributed by atoms with van der Waals surface area (Å²) in [7, 11) is -7.96. The highest BCUT2D eigenvalue weighted by molar-refractivity contribution is 7.89. The van der Waals surface area contributed by atoms with Crippen LogP contribution in [-0.2, 0) is 27.2 Å². The van der Waals surface area contributed by atoms with Gasteiger partial charge in [-0.1, -0.05) is 0 Å². The molecule has 0 amide bonds. The molecule has 0 aliphatic carbocycles. The molecule has 124 valence electrons. The van der Waals surface area contributed by atoms with Gasteiger partial charge in [-0.3, -0.25) is 0 Å². The van der Waals surface area contributed by atoms with E-state index in [1.807, 2.05) is 0 Å². The van der Waals surface area contributed by atoms with Gasteiger partial charge in [0.1, 0.15) is 18.7 Å². The highest BCUT2D eigenvalue weighted by Crippen LogP contribution is 2.20. The Kier molecular flexibility index (Phi) is 4.99. The van der Waals surface area contributed by atoms with Crippen molar-refractivity contribution >= 4 is 20.1 Å². The summed E-state index contributed by atoms with van der Waals surface area (Å²) in [4.78, 5) is 6.35. The predicted octanol–water partition coefficient (Wildman–Crippen LogP) is -0.676. The average Bonchev–Trinajstić information content (AvgIpc) is 2.97. The Bertz CT molecular complexity index is 824. The third-order valence-electron chi connectivity index (χ3n) is 2.11. The van der Waals surface area contributed by atoms with Crippen molar-refractivity contribution in [3.8, 4) is 0 Å². The first-order valence-corrected chi connectivity index (χ1v) is 8.01. The lowest BCUT2D eigenvalue weighted by Gasteiger charge is -2.08. The van der Waals surface area contributed by atoms with Crippen LogP contribution in [0.5, 0.6) is 0 Å². The first-order valence-electron chi connectivity index (χ1n) is 5.16. The summed E-state index contributed by atoms with van der Waals surface area (Å²) < 4.78 is 85.1. The maximum Gasteiger partial charge on any atom is 0.485 e. The Morgan fingerprint density at radius 3 is 2.18 bits per heavy atom. The Hall–Kier alpha value is -1.93. The number of hydrogen-bond donors (Lipinski definition) is 1. The van der Waals surface area contributed by atoms with Crippen molar-refractivity contribution in [2.75, 3.05) is 0 Å². The van der Waals surface area contributed by atoms with E-state index in [2.05, 4.69) is 9.97 Å². The molecule has 0 saturated carbocycles. The fraction of sp³-hybridized carbons (Fsp3) is 0.250. The summed E-state index contributed by atoms with van der Waals surface area (Å²) in [5.41, 5.74) is -5.65. The van der Waals surface area contributed by atoms with E-state index in [1.54, 1.807) is 19.4 Å². The van der Waals surface area contributed by atoms with Crippen LogP contribution in [-0.4, -0.2) is 40.8 Å². The number of nitrogens with one attached hydrogen (secondary N) is 1. The van der Waals surface area contributed by atoms with Gasteiger partial charge in [-0.05, 0) is 0 Å². The number of aromatic nitrogens is 4. The van der Waals surface area contributed by atoms with Crippen molar-refractivity contribution in [2.45, 2.75) is 10.7 Å². The Morgan fingerprint density at radius 1 is 1.32 bits per heavy atom. The molecule has 0 saturated heterocycles. The maximum absolute atomic E-state index is 11.8. The zero-order valence-electron chi connectivity index (χ0n) is 10.7. The topological polar surface area (TPSA) is 129 Å². The van der Waals surface area contributed by atoms with Crippen LogP contribution in [0.4, 0.5) is 13.2 Å². The van der Waals surface area contributed by atoms with E-state index in [1.165, 1.54) is 23.3 Å². The molecular weight excluding hydrogens is 353 g/mol. The van der Waals surface area contributed by atoms with Gasteiger partial charge in [-0.2, -0.15) is 21.6 Å². The lowest BCUT2D eigenvalue weighted by atomic mass is 10.9. The van der Waals surface area contributed by atoms with Crippen molar-refractivity contribution in [1.29, 1.82) is 0 Å². The van der Waals surface area contributed by atoms with E-state index in [9.17, 15) is 21.6 Å². The minimum atomic E-state index is -6.09. The third-order valence-corrected chi connectivity index (χ3v) is 4.34. The largest absolute Gasteiger partial charge is 0.741 e. The van der Waals surface area contributed by atoms with Gasteiger partial charge in [0.25, 0.3) is 0 Å². The van der Waals surface area contributed by atoms with E-state index in [-0.39, 0.29) is 5.16 Å². The Morgan fingerprint density at radius 2 is 1.86 bits per heavy atom. The number of H-pyrrole nitrogens is 1. The molecule has 0 unspecified atom stereocenters. The monoisotopic (exact) mass is 362 g/mol. The molecule has 0 aromatic carbocycles. The van der Waals surface area contributed by atoms with E-state index >= 15 is 0 Å². The van der Waals surface area contributed by atoms with Crippen LogP contribution in [0, 0.1) is 0 Å². The standard InChI is InChI=1S/C7H8N4O2S.CHF3O3S/c1-10-4-3-9-7(10)14(12,13)11-5-2-8-6-11;2-1(3,4)8(5,6)7/h2-6H,1H3;(H,5,6,7). The third kappa shape index (κ3) is 4.05. The zero-order chi connectivity index (χ0) is 17.2. The molecular formula is C8H9F3N4O5S2. The number of alkyl halides is 3. The fourth-order valence-electron chi connectivity index (χ4n) is 1.14. The summed E-state index contributed by atoms with van der Waals surface area (Å²) in [5, 5.41) is 0.121. The molecule has 1 N–H and O–H groups in total. The van der Waals surface area contributed by atoms with E-state index in [4.69, 9.17) is 13.0 Å². The van der Waals surface area contributed by atoms with Crippen LogP contribution in [0.1, 0.15) is 0 Å². The molecule has 2 aromatic heterocycles. The Balaban J connectivity index is 0.000000261. The number of rotatable bonds is 2. The van der Waals surface area contributed by atoms with E-state index < -0.39 is 25.6 Å². The van der Waals surface area contributed by atoms with Crippen LogP contribution < -0.4 is 4.57 Å². The molecule has 2 rings (SSSR count). The molecule has 0 spiro atoms. The Labute approximate surface area is 122 Å². The van der Waals surface area contributed by atoms with Crippen molar-refractivity contribution in [3.63, 3.8) is 0 Å². The van der Waals surface area contributed by atoms with Gasteiger partial charge in [-0.15, -0.1) is 0 Å². The van der Waals surface area contributed by atoms with Crippen LogP contribution in [0.25, 0.3) is 0 Å². The van der Waals surface area contributed by atoms with Gasteiger partial charge in [-0.25, -0.2) is 26.9 Å². The van der Waals surface area contributed by atoms with Crippen LogP contribution >= 0.6 is 0 Å². The summed E-state index contributed by atoms with van der Waals surface area (Å²) in [6.45, 7) is 0. The van der Waals surface area contributed by atoms with Crippen molar-refractivity contribution < 1.29 is 39.1 Å². The van der Waals surface area contributed by atoms with Gasteiger partial charge in [0.2, 0.25) is 0 Å². The molecule has 0 bridgehead atoms. The lowest BCUT2D eigenvalue weighted by Crippen LogP contribution is -2.34. The van der Waals surface area contributed by atoms with Crippen molar-refractivity contribution in [2.24, 2.45) is 7.05 Å². The highest BCUT2D eigenvalue weighted by atomic mass is 32.2. The SMILES string of the molecule is C[n+]1cc[nH]c1S(=O)(=O)n1ccnc1.O=S(=O)([O-])C(F)(F)F. The normalized spacial score (nSPS) is 12.6. The minimum Gasteiger partial charge on any atom is -0.741 e. The maximum atomic E-state index is 11.8. The summed E-state index contributed by atoms with van der Waals surface area (Å²) in [5.74, 6) is 0. The molecule has 0 aliphatic rings. The van der Waals surface area contributed by atoms with Gasteiger partial charge in [0.05, 0.1) is 7.05 Å². The molecule has 2 heterocycles. The van der Waals surface area contributed by atoms with Crippen molar-refractivity contribution in [3.05, 3.63) is 31.1 Å². The van der Waals surface area contributed by atoms with Crippen molar-refractivity contribution in [1.82, 2.24) is 13.9 Å². The quantitative estimate of drug-likeness (QED) is 0.428. The lowest BCUT2D eigenvalue weighted by molar-refractivity contribution is -0.709. The second kappa shape index (κ2) is 6.05. The second-order valence-electron chi connectivity index (χ2n) is 3.67. The number of aryl methyl sites for hydroxylation is 1. The predicted molar refractivity (Wildman–Crippen MR) is 62.5 cm³/mol. The first-order chi connectivity index (χ1) is 9.87. The number of halogens is 3. The molecule has 22 heavy (non-hydrogen) atoms. The summed E-state index contributed by atoms with van der Waals surface area (Å²) in [6.07, 6.45) is 7.24. The first kappa shape index (κ1) is 18.1. The number of aromatic amines is 1. The van der Waals surface area contributed by atoms with E-state index in [0.717, 1.165) is 3.97 Å². The summed E-state index contributed by atoms with van der Waals surface area (Å²) in [6, 6.07) is 0. The average molecular weight is 362 g/mol. The molecule has 2 aromatic rings. The van der Waals surface area contributed by atoms with Crippen LogP contribution in [0.2, 0.25) is 0 Å². The minimum absolute atomic E-state index is 0.121. The van der Waals surface area contributed by atoms with Gasteiger partial charge < -0.3 is 4.55 Å². The molecule has 0 radical (unpaired) electrons. The van der Waals surface area contributed by atoms with Crippen LogP contribution in [0.15, 0.2) is 36.3 Å². The number of imidazole rings is 2. The molecule has 9 nitrogen and oxygen atoms in total. The number of hydrogen-bond acceptors (Lipinski definition) is 6.